The lowest BCUT2D eigenvalue weighted by Crippen LogP contribution is -2.48. The Balaban J connectivity index is 3.56. The first-order valence-corrected chi connectivity index (χ1v) is 21.5. The Morgan fingerprint density at radius 3 is 1.15 bits per heavy atom. The lowest BCUT2D eigenvalue weighted by Gasteiger charge is -2.21. The van der Waals surface area contributed by atoms with Gasteiger partial charge in [0, 0.05) is 0 Å². The Morgan fingerprint density at radius 1 is 0.500 bits per heavy atom. The topological polar surface area (TPSA) is 89.8 Å². The minimum Gasteiger partial charge on any atom is -0.394 e. The Labute approximate surface area is 299 Å². The zero-order valence-corrected chi connectivity index (χ0v) is 32.4. The van der Waals surface area contributed by atoms with Crippen LogP contribution in [0.2, 0.25) is 0 Å². The van der Waals surface area contributed by atoms with Crippen molar-refractivity contribution >= 4 is 5.91 Å². The first-order chi connectivity index (χ1) is 23.6. The van der Waals surface area contributed by atoms with Gasteiger partial charge in [-0.3, -0.25) is 4.79 Å². The second kappa shape index (κ2) is 38.9. The Morgan fingerprint density at radius 2 is 0.812 bits per heavy atom. The van der Waals surface area contributed by atoms with Crippen molar-refractivity contribution in [1.82, 2.24) is 5.32 Å². The molecule has 3 unspecified atom stereocenters. The van der Waals surface area contributed by atoms with E-state index in [0.29, 0.717) is 6.42 Å². The Kier molecular flexibility index (Phi) is 38.1. The van der Waals surface area contributed by atoms with Crippen molar-refractivity contribution in [3.8, 4) is 0 Å². The fourth-order valence-electron chi connectivity index (χ4n) is 6.71. The zero-order valence-electron chi connectivity index (χ0n) is 32.4. The van der Waals surface area contributed by atoms with Gasteiger partial charge in [-0.25, -0.2) is 0 Å². The highest BCUT2D eigenvalue weighted by Crippen LogP contribution is 2.16. The molecule has 3 atom stereocenters. The monoisotopic (exact) mass is 680 g/mol. The van der Waals surface area contributed by atoms with Crippen LogP contribution in [0.4, 0.5) is 0 Å². The van der Waals surface area contributed by atoms with Crippen molar-refractivity contribution in [2.45, 2.75) is 250 Å². The summed E-state index contributed by atoms with van der Waals surface area (Å²) in [6.07, 6.45) is 45.5. The molecule has 5 heteroatoms. The molecule has 286 valence electrons. The third kappa shape index (κ3) is 33.6. The van der Waals surface area contributed by atoms with E-state index in [9.17, 15) is 20.1 Å². The van der Waals surface area contributed by atoms with Gasteiger partial charge in [-0.2, -0.15) is 0 Å². The van der Waals surface area contributed by atoms with Gasteiger partial charge in [-0.15, -0.1) is 0 Å². The summed E-state index contributed by atoms with van der Waals surface area (Å²) < 4.78 is 0. The molecule has 0 radical (unpaired) electrons. The molecule has 0 aromatic rings. The van der Waals surface area contributed by atoms with E-state index in [1.54, 1.807) is 6.08 Å². The third-order valence-corrected chi connectivity index (χ3v) is 10.1. The largest absolute Gasteiger partial charge is 0.394 e. The van der Waals surface area contributed by atoms with Crippen LogP contribution in [0.15, 0.2) is 12.2 Å². The number of unbranched alkanes of at least 4 members (excludes halogenated alkanes) is 31. The number of allylic oxidation sites excluding steroid dienone is 1. The molecule has 0 fully saturated rings. The second-order valence-corrected chi connectivity index (χ2v) is 14.9. The minimum atomic E-state index is -1.09. The van der Waals surface area contributed by atoms with Crippen LogP contribution in [0.25, 0.3) is 0 Å². The van der Waals surface area contributed by atoms with Crippen LogP contribution in [-0.4, -0.2) is 46.1 Å². The average Bonchev–Trinajstić information content (AvgIpc) is 3.09. The van der Waals surface area contributed by atoms with Crippen molar-refractivity contribution in [1.29, 1.82) is 0 Å². The van der Waals surface area contributed by atoms with Crippen molar-refractivity contribution in [3.63, 3.8) is 0 Å². The molecule has 0 aliphatic heterocycles. The number of rotatable bonds is 39. The van der Waals surface area contributed by atoms with E-state index in [1.165, 1.54) is 180 Å². The van der Waals surface area contributed by atoms with Crippen LogP contribution in [0.5, 0.6) is 0 Å². The summed E-state index contributed by atoms with van der Waals surface area (Å²) in [5, 5.41) is 33.0. The summed E-state index contributed by atoms with van der Waals surface area (Å²) in [7, 11) is 0. The highest BCUT2D eigenvalue weighted by molar-refractivity contribution is 5.80. The van der Waals surface area contributed by atoms with E-state index < -0.39 is 24.2 Å². The molecule has 4 N–H and O–H groups in total. The normalized spacial score (nSPS) is 13.7. The van der Waals surface area contributed by atoms with Crippen LogP contribution < -0.4 is 5.32 Å². The molecule has 0 aromatic carbocycles. The fourth-order valence-corrected chi connectivity index (χ4v) is 6.71. The number of aliphatic hydroxyl groups excluding tert-OH is 3. The number of nitrogens with one attached hydrogen (secondary N) is 1. The summed E-state index contributed by atoms with van der Waals surface area (Å²) in [6.45, 7) is 4.16. The van der Waals surface area contributed by atoms with E-state index in [2.05, 4.69) is 19.2 Å². The molecule has 0 saturated heterocycles. The maximum absolute atomic E-state index is 12.4. The summed E-state index contributed by atoms with van der Waals surface area (Å²) in [5.41, 5.74) is 0. The van der Waals surface area contributed by atoms with Gasteiger partial charge < -0.3 is 20.6 Å². The van der Waals surface area contributed by atoms with Gasteiger partial charge in [0.05, 0.1) is 18.8 Å². The van der Waals surface area contributed by atoms with Gasteiger partial charge in [-0.05, 0) is 19.3 Å². The van der Waals surface area contributed by atoms with Crippen LogP contribution in [-0.2, 0) is 4.79 Å². The summed E-state index contributed by atoms with van der Waals surface area (Å²) in [6, 6.07) is -0.791. The van der Waals surface area contributed by atoms with E-state index in [1.807, 2.05) is 6.08 Å². The number of hydrogen-bond acceptors (Lipinski definition) is 4. The molecular weight excluding hydrogens is 594 g/mol. The van der Waals surface area contributed by atoms with Crippen molar-refractivity contribution < 1.29 is 20.1 Å². The van der Waals surface area contributed by atoms with E-state index >= 15 is 0 Å². The number of carbonyl (C=O) groups is 1. The molecule has 0 aliphatic rings. The van der Waals surface area contributed by atoms with Crippen LogP contribution in [0.1, 0.15) is 232 Å². The highest BCUT2D eigenvalue weighted by Gasteiger charge is 2.22. The molecule has 1 amide bonds. The van der Waals surface area contributed by atoms with Gasteiger partial charge in [0.2, 0.25) is 5.91 Å². The number of carbonyl (C=O) groups excluding carboxylic acids is 1. The first-order valence-electron chi connectivity index (χ1n) is 21.5. The van der Waals surface area contributed by atoms with Crippen LogP contribution >= 0.6 is 0 Å². The average molecular weight is 680 g/mol. The highest BCUT2D eigenvalue weighted by atomic mass is 16.3. The maximum atomic E-state index is 12.4. The van der Waals surface area contributed by atoms with E-state index in [-0.39, 0.29) is 6.61 Å². The standard InChI is InChI=1S/C43H85NO4/c1-3-5-7-9-11-13-14-15-16-17-18-19-20-21-22-23-24-25-26-27-28-30-31-33-35-37-41(46)40(39-45)44-43(48)42(47)38-36-34-32-29-12-10-8-6-4-2/h35,37,40-42,45-47H,3-34,36,38-39H2,1-2H3,(H,44,48)/b37-35+. The number of aliphatic hydroxyl groups is 3. The second-order valence-electron chi connectivity index (χ2n) is 14.9. The number of hydrogen-bond donors (Lipinski definition) is 4. The van der Waals surface area contributed by atoms with Gasteiger partial charge in [0.1, 0.15) is 6.10 Å². The lowest BCUT2D eigenvalue weighted by atomic mass is 10.0. The number of amides is 1. The summed E-state index contributed by atoms with van der Waals surface area (Å²) >= 11 is 0. The summed E-state index contributed by atoms with van der Waals surface area (Å²) in [4.78, 5) is 12.4. The molecule has 5 nitrogen and oxygen atoms in total. The minimum absolute atomic E-state index is 0.360. The molecule has 0 aromatic heterocycles. The third-order valence-electron chi connectivity index (χ3n) is 10.1. The molecule has 0 aliphatic carbocycles. The predicted molar refractivity (Wildman–Crippen MR) is 208 cm³/mol. The maximum Gasteiger partial charge on any atom is 0.249 e. The zero-order chi connectivity index (χ0) is 35.2. The Hall–Kier alpha value is -0.910. The molecule has 0 bridgehead atoms. The van der Waals surface area contributed by atoms with Gasteiger partial charge >= 0.3 is 0 Å². The molecular formula is C43H85NO4. The van der Waals surface area contributed by atoms with Crippen LogP contribution in [0, 0.1) is 0 Å². The van der Waals surface area contributed by atoms with Gasteiger partial charge in [0.15, 0.2) is 0 Å². The van der Waals surface area contributed by atoms with E-state index in [4.69, 9.17) is 0 Å². The molecule has 0 rings (SSSR count). The molecule has 48 heavy (non-hydrogen) atoms. The smallest absolute Gasteiger partial charge is 0.249 e. The van der Waals surface area contributed by atoms with Crippen molar-refractivity contribution in [2.24, 2.45) is 0 Å². The van der Waals surface area contributed by atoms with Gasteiger partial charge in [0.25, 0.3) is 0 Å². The van der Waals surface area contributed by atoms with Crippen molar-refractivity contribution in [3.05, 3.63) is 12.2 Å². The van der Waals surface area contributed by atoms with Crippen LogP contribution in [0.3, 0.4) is 0 Å². The fraction of sp³-hybridized carbons (Fsp3) is 0.930. The first kappa shape index (κ1) is 47.1. The molecule has 0 heterocycles. The molecule has 0 saturated carbocycles. The lowest BCUT2D eigenvalue weighted by molar-refractivity contribution is -0.131. The predicted octanol–water partition coefficient (Wildman–Crippen LogP) is 12.0. The van der Waals surface area contributed by atoms with Gasteiger partial charge in [-0.1, -0.05) is 225 Å². The van der Waals surface area contributed by atoms with E-state index in [0.717, 1.165) is 32.1 Å². The SMILES string of the molecule is CCCCCCCCCCCCCCCCCCCCCCCCC/C=C/C(O)C(CO)NC(=O)C(O)CCCCCCCCCCC. The molecule has 0 spiro atoms. The Bertz CT molecular complexity index is 669. The van der Waals surface area contributed by atoms with Crippen molar-refractivity contribution in [2.75, 3.05) is 6.61 Å². The summed E-state index contributed by atoms with van der Waals surface area (Å²) in [5.74, 6) is -0.504. The quantitative estimate of drug-likeness (QED) is 0.0384.